The number of hydrogen-bond donors (Lipinski definition) is 3. The number of anilines is 2. The van der Waals surface area contributed by atoms with Crippen molar-refractivity contribution in [2.24, 2.45) is 0 Å². The third-order valence-electron chi connectivity index (χ3n) is 2.53. The van der Waals surface area contributed by atoms with Gasteiger partial charge in [-0.05, 0) is 25.1 Å². The molecule has 6 nitrogen and oxygen atoms in total. The number of aliphatic hydroxyl groups is 1. The van der Waals surface area contributed by atoms with Crippen molar-refractivity contribution in [1.82, 2.24) is 0 Å². The zero-order valence-electron chi connectivity index (χ0n) is 9.90. The summed E-state index contributed by atoms with van der Waals surface area (Å²) in [5.41, 5.74) is 1.07. The summed E-state index contributed by atoms with van der Waals surface area (Å²) in [4.78, 5) is 22.7. The van der Waals surface area contributed by atoms with Gasteiger partial charge in [0, 0.05) is 5.69 Å². The van der Waals surface area contributed by atoms with Crippen molar-refractivity contribution in [3.8, 4) is 5.75 Å². The Balaban J connectivity index is 2.15. The molecule has 0 spiro atoms. The van der Waals surface area contributed by atoms with Gasteiger partial charge in [-0.25, -0.2) is 0 Å². The molecule has 96 valence electrons. The lowest BCUT2D eigenvalue weighted by Gasteiger charge is -2.23. The van der Waals surface area contributed by atoms with Crippen LogP contribution in [0.3, 0.4) is 0 Å². The molecular formula is C12H14N2O4. The molecule has 0 bridgehead atoms. The smallest absolute Gasteiger partial charge is 0.265 e. The maximum absolute atomic E-state index is 11.4. The first-order valence-electron chi connectivity index (χ1n) is 5.62. The van der Waals surface area contributed by atoms with Crippen LogP contribution in [0.25, 0.3) is 0 Å². The van der Waals surface area contributed by atoms with Crippen LogP contribution in [0.4, 0.5) is 11.4 Å². The molecule has 1 aliphatic heterocycles. The van der Waals surface area contributed by atoms with E-state index in [1.54, 1.807) is 25.1 Å². The number of aliphatic hydroxyl groups excluding tert-OH is 1. The number of hydrogen-bond acceptors (Lipinski definition) is 4. The molecular weight excluding hydrogens is 236 g/mol. The first-order chi connectivity index (χ1) is 8.60. The number of carbonyl (C=O) groups is 2. The van der Waals surface area contributed by atoms with Crippen LogP contribution < -0.4 is 15.4 Å². The molecule has 0 radical (unpaired) electrons. The quantitative estimate of drug-likeness (QED) is 0.737. The fraction of sp³-hybridized carbons (Fsp3) is 0.333. The second-order valence-electron chi connectivity index (χ2n) is 3.98. The highest BCUT2D eigenvalue weighted by Crippen LogP contribution is 2.32. The largest absolute Gasteiger partial charge is 0.479 e. The zero-order valence-corrected chi connectivity index (χ0v) is 9.90. The highest BCUT2D eigenvalue weighted by molar-refractivity contribution is 5.99. The molecule has 6 heteroatoms. The van der Waals surface area contributed by atoms with E-state index >= 15 is 0 Å². The fourth-order valence-corrected chi connectivity index (χ4v) is 1.61. The van der Waals surface area contributed by atoms with Crippen molar-refractivity contribution in [3.63, 3.8) is 0 Å². The first kappa shape index (κ1) is 12.4. The van der Waals surface area contributed by atoms with E-state index in [2.05, 4.69) is 10.6 Å². The molecule has 1 unspecified atom stereocenters. The van der Waals surface area contributed by atoms with Crippen LogP contribution in [-0.4, -0.2) is 29.6 Å². The van der Waals surface area contributed by atoms with Gasteiger partial charge in [-0.1, -0.05) is 0 Å². The number of nitrogens with one attached hydrogen (secondary N) is 2. The van der Waals surface area contributed by atoms with Crippen molar-refractivity contribution in [2.75, 3.05) is 17.2 Å². The minimum Gasteiger partial charge on any atom is -0.479 e. The Morgan fingerprint density at radius 1 is 1.56 bits per heavy atom. The van der Waals surface area contributed by atoms with Crippen LogP contribution in [0, 0.1) is 0 Å². The zero-order chi connectivity index (χ0) is 13.1. The molecule has 3 N–H and O–H groups in total. The minimum absolute atomic E-state index is 0.0387. The summed E-state index contributed by atoms with van der Waals surface area (Å²) in [7, 11) is 0. The summed E-state index contributed by atoms with van der Waals surface area (Å²) in [6, 6.07) is 4.98. The molecule has 18 heavy (non-hydrogen) atoms. The van der Waals surface area contributed by atoms with Crippen LogP contribution in [0.15, 0.2) is 18.2 Å². The van der Waals surface area contributed by atoms with Crippen molar-refractivity contribution < 1.29 is 19.4 Å². The molecule has 0 saturated carbocycles. The summed E-state index contributed by atoms with van der Waals surface area (Å²) in [6.45, 7) is 1.46. The second kappa shape index (κ2) is 5.05. The van der Waals surface area contributed by atoms with Crippen LogP contribution in [0.2, 0.25) is 0 Å². The van der Waals surface area contributed by atoms with Crippen molar-refractivity contribution in [2.45, 2.75) is 19.4 Å². The van der Waals surface area contributed by atoms with E-state index in [4.69, 9.17) is 9.84 Å². The van der Waals surface area contributed by atoms with Gasteiger partial charge in [-0.2, -0.15) is 0 Å². The SMILES string of the molecule is CC1Oc2ccc(NC(=O)CCO)cc2NC1=O. The van der Waals surface area contributed by atoms with Gasteiger partial charge in [0.2, 0.25) is 5.91 Å². The van der Waals surface area contributed by atoms with Gasteiger partial charge in [-0.15, -0.1) is 0 Å². The Hall–Kier alpha value is -2.08. The van der Waals surface area contributed by atoms with Gasteiger partial charge in [0.05, 0.1) is 18.7 Å². The number of benzene rings is 1. The molecule has 1 heterocycles. The number of rotatable bonds is 3. The summed E-state index contributed by atoms with van der Waals surface area (Å²) in [6.07, 6.45) is -0.482. The molecule has 1 aromatic rings. The molecule has 2 amide bonds. The van der Waals surface area contributed by atoms with E-state index in [9.17, 15) is 9.59 Å². The van der Waals surface area contributed by atoms with Gasteiger partial charge in [-0.3, -0.25) is 9.59 Å². The lowest BCUT2D eigenvalue weighted by molar-refractivity contribution is -0.122. The second-order valence-corrected chi connectivity index (χ2v) is 3.98. The van der Waals surface area contributed by atoms with E-state index in [-0.39, 0.29) is 24.8 Å². The maximum atomic E-state index is 11.4. The molecule has 0 saturated heterocycles. The Kier molecular flexibility index (Phi) is 3.47. The Labute approximate surface area is 104 Å². The molecule has 1 aliphatic rings. The van der Waals surface area contributed by atoms with Crippen molar-refractivity contribution >= 4 is 23.2 Å². The monoisotopic (exact) mass is 250 g/mol. The molecule has 0 aliphatic carbocycles. The van der Waals surface area contributed by atoms with Crippen LogP contribution in [0.1, 0.15) is 13.3 Å². The van der Waals surface area contributed by atoms with E-state index in [0.29, 0.717) is 17.1 Å². The summed E-state index contributed by atoms with van der Waals surface area (Å²) in [5.74, 6) is 0.0671. The molecule has 1 aromatic carbocycles. The topological polar surface area (TPSA) is 87.7 Å². The third kappa shape index (κ3) is 2.60. The van der Waals surface area contributed by atoms with Crippen molar-refractivity contribution in [3.05, 3.63) is 18.2 Å². The van der Waals surface area contributed by atoms with Gasteiger partial charge < -0.3 is 20.5 Å². The molecule has 1 atom stereocenters. The van der Waals surface area contributed by atoms with E-state index in [0.717, 1.165) is 0 Å². The van der Waals surface area contributed by atoms with Crippen LogP contribution in [0.5, 0.6) is 5.75 Å². The maximum Gasteiger partial charge on any atom is 0.265 e. The molecule has 0 aromatic heterocycles. The minimum atomic E-state index is -0.521. The number of amides is 2. The summed E-state index contributed by atoms with van der Waals surface area (Å²) in [5, 5.41) is 13.9. The van der Waals surface area contributed by atoms with Gasteiger partial charge in [0.1, 0.15) is 5.75 Å². The van der Waals surface area contributed by atoms with E-state index in [1.165, 1.54) is 0 Å². The van der Waals surface area contributed by atoms with Crippen LogP contribution in [-0.2, 0) is 9.59 Å². The number of fused-ring (bicyclic) bond motifs is 1. The van der Waals surface area contributed by atoms with Gasteiger partial charge >= 0.3 is 0 Å². The Morgan fingerprint density at radius 2 is 2.33 bits per heavy atom. The first-order valence-corrected chi connectivity index (χ1v) is 5.62. The van der Waals surface area contributed by atoms with E-state index < -0.39 is 6.10 Å². The fourth-order valence-electron chi connectivity index (χ4n) is 1.61. The lowest BCUT2D eigenvalue weighted by atomic mass is 10.2. The third-order valence-corrected chi connectivity index (χ3v) is 2.53. The summed E-state index contributed by atoms with van der Waals surface area (Å²) >= 11 is 0. The van der Waals surface area contributed by atoms with Crippen molar-refractivity contribution in [1.29, 1.82) is 0 Å². The number of ether oxygens (including phenoxy) is 1. The average Bonchev–Trinajstić information content (AvgIpc) is 2.31. The highest BCUT2D eigenvalue weighted by atomic mass is 16.5. The predicted octanol–water partition coefficient (Wildman–Crippen LogP) is 0.727. The standard InChI is InChI=1S/C12H14N2O4/c1-7-12(17)14-9-6-8(2-3-10(9)18-7)13-11(16)4-5-15/h2-3,6-7,15H,4-5H2,1H3,(H,13,16)(H,14,17). The van der Waals surface area contributed by atoms with Gasteiger partial charge in [0.25, 0.3) is 5.91 Å². The Morgan fingerprint density at radius 3 is 3.06 bits per heavy atom. The predicted molar refractivity (Wildman–Crippen MR) is 65.5 cm³/mol. The van der Waals surface area contributed by atoms with E-state index in [1.807, 2.05) is 0 Å². The molecule has 0 fully saturated rings. The highest BCUT2D eigenvalue weighted by Gasteiger charge is 2.23. The molecule has 2 rings (SSSR count). The van der Waals surface area contributed by atoms with Crippen LogP contribution >= 0.6 is 0 Å². The average molecular weight is 250 g/mol. The number of carbonyl (C=O) groups excluding carboxylic acids is 2. The van der Waals surface area contributed by atoms with Gasteiger partial charge in [0.15, 0.2) is 6.10 Å². The normalized spacial score (nSPS) is 17.4. The Bertz CT molecular complexity index is 487. The lowest BCUT2D eigenvalue weighted by Crippen LogP contribution is -2.34. The summed E-state index contributed by atoms with van der Waals surface area (Å²) < 4.78 is 5.39.